The van der Waals surface area contributed by atoms with Gasteiger partial charge in [-0.1, -0.05) is 20.8 Å². The van der Waals surface area contributed by atoms with E-state index in [1.807, 2.05) is 0 Å². The lowest BCUT2D eigenvalue weighted by Crippen LogP contribution is -2.29. The van der Waals surface area contributed by atoms with Gasteiger partial charge in [0.1, 0.15) is 0 Å². The van der Waals surface area contributed by atoms with Gasteiger partial charge in [0, 0.05) is 12.5 Å². The summed E-state index contributed by atoms with van der Waals surface area (Å²) in [6.45, 7) is 7.75. The molecule has 0 rings (SSSR count). The molecule has 0 aliphatic carbocycles. The molecular weight excluding hydrogens is 146 g/mol. The van der Waals surface area contributed by atoms with Crippen LogP contribution in [0.5, 0.6) is 0 Å². The summed E-state index contributed by atoms with van der Waals surface area (Å²) >= 11 is 0. The molecule has 0 saturated carbocycles. The van der Waals surface area contributed by atoms with Crippen LogP contribution in [0.1, 0.15) is 40.0 Å². The number of hydrogen-bond acceptors (Lipinski definition) is 1. The van der Waals surface area contributed by atoms with Crippen molar-refractivity contribution >= 4 is 0 Å². The van der Waals surface area contributed by atoms with Crippen LogP contribution in [0.2, 0.25) is 0 Å². The minimum Gasteiger partial charge on any atom is -0.313 e. The second-order valence-corrected chi connectivity index (χ2v) is 3.65. The summed E-state index contributed by atoms with van der Waals surface area (Å²) in [5.74, 6) is 3.47. The lowest BCUT2D eigenvalue weighted by molar-refractivity contribution is 0.464. The largest absolute Gasteiger partial charge is 0.313 e. The summed E-state index contributed by atoms with van der Waals surface area (Å²) in [5.41, 5.74) is 0. The fourth-order valence-electron chi connectivity index (χ4n) is 1.08. The average Bonchev–Trinajstić information content (AvgIpc) is 2.02. The van der Waals surface area contributed by atoms with Gasteiger partial charge in [-0.05, 0) is 25.3 Å². The van der Waals surface area contributed by atoms with E-state index in [-0.39, 0.29) is 0 Å². The fraction of sp³-hybridized carbons (Fsp3) is 0.818. The fourth-order valence-corrected chi connectivity index (χ4v) is 1.08. The zero-order valence-electron chi connectivity index (χ0n) is 8.56. The Morgan fingerprint density at radius 3 is 2.50 bits per heavy atom. The smallest absolute Gasteiger partial charge is 0.0240 e. The molecule has 0 fully saturated rings. The Morgan fingerprint density at radius 1 is 1.42 bits per heavy atom. The van der Waals surface area contributed by atoms with Crippen LogP contribution in [0.3, 0.4) is 0 Å². The van der Waals surface area contributed by atoms with E-state index in [2.05, 4.69) is 32.0 Å². The molecule has 0 bridgehead atoms. The molecule has 0 spiro atoms. The van der Waals surface area contributed by atoms with E-state index in [1.165, 1.54) is 6.42 Å². The summed E-state index contributed by atoms with van der Waals surface area (Å²) in [5, 5.41) is 3.46. The minimum absolute atomic E-state index is 0.522. The van der Waals surface area contributed by atoms with Gasteiger partial charge < -0.3 is 5.32 Å². The maximum atomic E-state index is 5.25. The third-order valence-electron chi connectivity index (χ3n) is 2.01. The lowest BCUT2D eigenvalue weighted by atomic mass is 10.1. The Bertz CT molecular complexity index is 132. The first-order valence-corrected chi connectivity index (χ1v) is 4.87. The third-order valence-corrected chi connectivity index (χ3v) is 2.01. The standard InChI is InChI=1S/C11H21N/c1-5-7-11(6-2)12-9-8-10(3)4/h1,10-12H,6-9H2,2-4H3. The second kappa shape index (κ2) is 7.18. The van der Waals surface area contributed by atoms with E-state index in [0.29, 0.717) is 6.04 Å². The van der Waals surface area contributed by atoms with Crippen molar-refractivity contribution in [1.82, 2.24) is 5.32 Å². The average molecular weight is 167 g/mol. The monoisotopic (exact) mass is 167 g/mol. The van der Waals surface area contributed by atoms with Gasteiger partial charge in [0.05, 0.1) is 0 Å². The second-order valence-electron chi connectivity index (χ2n) is 3.65. The van der Waals surface area contributed by atoms with Crippen molar-refractivity contribution in [2.24, 2.45) is 5.92 Å². The predicted molar refractivity (Wildman–Crippen MR) is 55.0 cm³/mol. The molecule has 1 heteroatoms. The Hall–Kier alpha value is -0.480. The van der Waals surface area contributed by atoms with Gasteiger partial charge >= 0.3 is 0 Å². The van der Waals surface area contributed by atoms with Crippen LogP contribution < -0.4 is 5.32 Å². The molecule has 70 valence electrons. The molecule has 1 nitrogen and oxygen atoms in total. The van der Waals surface area contributed by atoms with Gasteiger partial charge in [0.15, 0.2) is 0 Å². The zero-order valence-corrected chi connectivity index (χ0v) is 8.56. The van der Waals surface area contributed by atoms with Crippen LogP contribution in [0, 0.1) is 18.3 Å². The van der Waals surface area contributed by atoms with Crippen molar-refractivity contribution in [1.29, 1.82) is 0 Å². The first-order valence-electron chi connectivity index (χ1n) is 4.87. The Morgan fingerprint density at radius 2 is 2.08 bits per heavy atom. The van der Waals surface area contributed by atoms with Crippen LogP contribution in [-0.4, -0.2) is 12.6 Å². The molecule has 0 aromatic rings. The Labute approximate surface area is 76.9 Å². The number of terminal acetylenes is 1. The molecule has 1 unspecified atom stereocenters. The molecule has 0 saturated heterocycles. The highest BCUT2D eigenvalue weighted by Crippen LogP contribution is 2.00. The molecule has 0 heterocycles. The highest BCUT2D eigenvalue weighted by atomic mass is 14.9. The summed E-state index contributed by atoms with van der Waals surface area (Å²) in [6, 6.07) is 0.522. The van der Waals surface area contributed by atoms with Crippen molar-refractivity contribution < 1.29 is 0 Å². The maximum absolute atomic E-state index is 5.25. The van der Waals surface area contributed by atoms with Gasteiger partial charge in [0.25, 0.3) is 0 Å². The summed E-state index contributed by atoms with van der Waals surface area (Å²) < 4.78 is 0. The van der Waals surface area contributed by atoms with Crippen LogP contribution in [0.4, 0.5) is 0 Å². The molecule has 0 aliphatic heterocycles. The molecule has 0 aromatic heterocycles. The van der Waals surface area contributed by atoms with Crippen LogP contribution >= 0.6 is 0 Å². The first kappa shape index (κ1) is 11.5. The Kier molecular flexibility index (Phi) is 6.90. The molecule has 1 atom stereocenters. The van der Waals surface area contributed by atoms with Crippen molar-refractivity contribution in [2.75, 3.05) is 6.54 Å². The highest BCUT2D eigenvalue weighted by molar-refractivity contribution is 4.89. The summed E-state index contributed by atoms with van der Waals surface area (Å²) in [7, 11) is 0. The molecule has 0 radical (unpaired) electrons. The molecule has 12 heavy (non-hydrogen) atoms. The highest BCUT2D eigenvalue weighted by Gasteiger charge is 2.02. The molecular formula is C11H21N. The molecule has 0 aliphatic rings. The third kappa shape index (κ3) is 6.24. The van der Waals surface area contributed by atoms with Gasteiger partial charge in [-0.2, -0.15) is 0 Å². The Balaban J connectivity index is 3.39. The minimum atomic E-state index is 0.522. The van der Waals surface area contributed by atoms with E-state index in [4.69, 9.17) is 6.42 Å². The quantitative estimate of drug-likeness (QED) is 0.599. The van der Waals surface area contributed by atoms with E-state index in [0.717, 1.165) is 25.3 Å². The van der Waals surface area contributed by atoms with E-state index < -0.39 is 0 Å². The van der Waals surface area contributed by atoms with Crippen molar-refractivity contribution in [2.45, 2.75) is 46.1 Å². The zero-order chi connectivity index (χ0) is 9.40. The SMILES string of the molecule is C#CCC(CC)NCCC(C)C. The van der Waals surface area contributed by atoms with E-state index >= 15 is 0 Å². The van der Waals surface area contributed by atoms with Crippen LogP contribution in [-0.2, 0) is 0 Å². The van der Waals surface area contributed by atoms with Crippen LogP contribution in [0.15, 0.2) is 0 Å². The number of nitrogens with one attached hydrogen (secondary N) is 1. The predicted octanol–water partition coefficient (Wildman–Crippen LogP) is 2.42. The van der Waals surface area contributed by atoms with Crippen molar-refractivity contribution in [3.63, 3.8) is 0 Å². The van der Waals surface area contributed by atoms with Gasteiger partial charge in [-0.3, -0.25) is 0 Å². The summed E-state index contributed by atoms with van der Waals surface area (Å²) in [4.78, 5) is 0. The number of rotatable bonds is 6. The molecule has 1 N–H and O–H groups in total. The van der Waals surface area contributed by atoms with E-state index in [9.17, 15) is 0 Å². The van der Waals surface area contributed by atoms with Gasteiger partial charge in [-0.15, -0.1) is 12.3 Å². The van der Waals surface area contributed by atoms with Gasteiger partial charge in [0.2, 0.25) is 0 Å². The first-order chi connectivity index (χ1) is 5.70. The maximum Gasteiger partial charge on any atom is 0.0240 e. The summed E-state index contributed by atoms with van der Waals surface area (Å²) in [6.07, 6.45) is 8.47. The van der Waals surface area contributed by atoms with E-state index in [1.54, 1.807) is 0 Å². The van der Waals surface area contributed by atoms with Crippen molar-refractivity contribution in [3.8, 4) is 12.3 Å². The molecule has 0 amide bonds. The normalized spacial score (nSPS) is 12.9. The molecule has 0 aromatic carbocycles. The van der Waals surface area contributed by atoms with Crippen molar-refractivity contribution in [3.05, 3.63) is 0 Å². The van der Waals surface area contributed by atoms with Gasteiger partial charge in [-0.25, -0.2) is 0 Å². The number of hydrogen-bond donors (Lipinski definition) is 1. The lowest BCUT2D eigenvalue weighted by Gasteiger charge is -2.14. The topological polar surface area (TPSA) is 12.0 Å². The van der Waals surface area contributed by atoms with Crippen LogP contribution in [0.25, 0.3) is 0 Å².